The maximum Gasteiger partial charge on any atom is 0.119 e. The average molecular weight is 402 g/mol. The first-order valence-electron chi connectivity index (χ1n) is 9.06. The Bertz CT molecular complexity index is 836. The largest absolute Gasteiger partial charge is 0.497 e. The topological polar surface area (TPSA) is 55.1 Å². The van der Waals surface area contributed by atoms with Gasteiger partial charge in [0.15, 0.2) is 0 Å². The van der Waals surface area contributed by atoms with Crippen molar-refractivity contribution in [3.8, 4) is 11.5 Å². The van der Waals surface area contributed by atoms with Crippen molar-refractivity contribution in [3.05, 3.63) is 83.3 Å². The molecule has 0 radical (unpaired) electrons. The van der Waals surface area contributed by atoms with Crippen molar-refractivity contribution in [2.24, 2.45) is 0 Å². The third-order valence-corrected chi connectivity index (χ3v) is 4.46. The molecule has 6 heteroatoms. The monoisotopic (exact) mass is 401 g/mol. The zero-order chi connectivity index (χ0) is 19.8. The normalized spacial score (nSPS) is 12.1. The van der Waals surface area contributed by atoms with Crippen molar-refractivity contribution >= 4 is 11.6 Å². The van der Waals surface area contributed by atoms with Crippen LogP contribution < -0.4 is 9.47 Å². The van der Waals surface area contributed by atoms with Crippen LogP contribution in [0.3, 0.4) is 0 Å². The van der Waals surface area contributed by atoms with Gasteiger partial charge in [0.2, 0.25) is 0 Å². The molecule has 0 fully saturated rings. The second kappa shape index (κ2) is 10.2. The molecule has 1 atom stereocenters. The van der Waals surface area contributed by atoms with E-state index < -0.39 is 6.10 Å². The number of hydrogen-bond donors (Lipinski definition) is 1. The summed E-state index contributed by atoms with van der Waals surface area (Å²) in [7, 11) is 1.62. The molecule has 2 aromatic carbocycles. The highest BCUT2D eigenvalue weighted by atomic mass is 35.5. The second-order valence-corrected chi connectivity index (χ2v) is 6.96. The second-order valence-electron chi connectivity index (χ2n) is 6.52. The minimum atomic E-state index is -0.656. The maximum atomic E-state index is 10.5. The Morgan fingerprint density at radius 3 is 2.50 bits per heavy atom. The average Bonchev–Trinajstić information content (AvgIpc) is 3.20. The summed E-state index contributed by atoms with van der Waals surface area (Å²) in [4.78, 5) is 2.10. The summed E-state index contributed by atoms with van der Waals surface area (Å²) < 4.78 is 16.3. The third-order valence-electron chi connectivity index (χ3n) is 4.23. The number of nitrogens with zero attached hydrogens (tertiary/aromatic N) is 1. The first-order valence-corrected chi connectivity index (χ1v) is 9.44. The van der Waals surface area contributed by atoms with Gasteiger partial charge in [-0.25, -0.2) is 0 Å². The molecule has 28 heavy (non-hydrogen) atoms. The fraction of sp³-hybridized carbons (Fsp3) is 0.273. The number of rotatable bonds is 10. The molecule has 1 N–H and O–H groups in total. The lowest BCUT2D eigenvalue weighted by atomic mass is 10.2. The molecule has 5 nitrogen and oxygen atoms in total. The summed E-state index contributed by atoms with van der Waals surface area (Å²) in [6.45, 7) is 1.85. The Balaban J connectivity index is 1.58. The van der Waals surface area contributed by atoms with Gasteiger partial charge in [-0.2, -0.15) is 0 Å². The van der Waals surface area contributed by atoms with Gasteiger partial charge in [-0.15, -0.1) is 0 Å². The Kier molecular flexibility index (Phi) is 7.37. The molecule has 148 valence electrons. The van der Waals surface area contributed by atoms with Crippen molar-refractivity contribution in [2.45, 2.75) is 19.2 Å². The van der Waals surface area contributed by atoms with E-state index in [1.54, 1.807) is 13.4 Å². The van der Waals surface area contributed by atoms with Gasteiger partial charge < -0.3 is 19.0 Å². The fourth-order valence-electron chi connectivity index (χ4n) is 2.92. The van der Waals surface area contributed by atoms with Crippen LogP contribution in [-0.4, -0.2) is 36.4 Å². The lowest BCUT2D eigenvalue weighted by molar-refractivity contribution is 0.0604. The molecule has 0 saturated heterocycles. The van der Waals surface area contributed by atoms with Crippen molar-refractivity contribution in [3.63, 3.8) is 0 Å². The molecule has 1 heterocycles. The fourth-order valence-corrected chi connectivity index (χ4v) is 3.13. The molecule has 0 bridgehead atoms. The van der Waals surface area contributed by atoms with E-state index in [4.69, 9.17) is 25.5 Å². The number of methoxy groups -OCH3 is 1. The van der Waals surface area contributed by atoms with E-state index in [1.165, 1.54) is 0 Å². The van der Waals surface area contributed by atoms with Gasteiger partial charge in [0.25, 0.3) is 0 Å². The van der Waals surface area contributed by atoms with Crippen LogP contribution in [0.5, 0.6) is 11.5 Å². The summed E-state index contributed by atoms with van der Waals surface area (Å²) in [5.74, 6) is 2.29. The molecule has 0 aliphatic rings. The third kappa shape index (κ3) is 6.30. The molecule has 0 amide bonds. The van der Waals surface area contributed by atoms with E-state index in [9.17, 15) is 5.11 Å². The molecule has 0 aliphatic carbocycles. The summed E-state index contributed by atoms with van der Waals surface area (Å²) in [6, 6.07) is 18.8. The number of aliphatic hydroxyl groups is 1. The Morgan fingerprint density at radius 1 is 1.04 bits per heavy atom. The molecular formula is C22H24ClNO4. The molecule has 1 aromatic heterocycles. The molecule has 3 rings (SSSR count). The zero-order valence-electron chi connectivity index (χ0n) is 15.8. The van der Waals surface area contributed by atoms with Crippen LogP contribution in [0.15, 0.2) is 71.3 Å². The van der Waals surface area contributed by atoms with E-state index in [-0.39, 0.29) is 6.61 Å². The SMILES string of the molecule is COc1ccc(OCC(O)CN(Cc2cccc(Cl)c2)Cc2ccco2)cc1. The van der Waals surface area contributed by atoms with E-state index in [0.717, 1.165) is 17.1 Å². The first-order chi connectivity index (χ1) is 13.6. The van der Waals surface area contributed by atoms with Gasteiger partial charge >= 0.3 is 0 Å². The van der Waals surface area contributed by atoms with Crippen LogP contribution in [0.4, 0.5) is 0 Å². The number of furan rings is 1. The predicted molar refractivity (Wildman–Crippen MR) is 109 cm³/mol. The minimum Gasteiger partial charge on any atom is -0.497 e. The van der Waals surface area contributed by atoms with Gasteiger partial charge in [0.05, 0.1) is 19.9 Å². The van der Waals surface area contributed by atoms with E-state index in [0.29, 0.717) is 30.4 Å². The Morgan fingerprint density at radius 2 is 1.82 bits per heavy atom. The van der Waals surface area contributed by atoms with Gasteiger partial charge in [0, 0.05) is 18.1 Å². The lowest BCUT2D eigenvalue weighted by Crippen LogP contribution is -2.35. The predicted octanol–water partition coefficient (Wildman–Crippen LogP) is 4.38. The van der Waals surface area contributed by atoms with Crippen LogP contribution in [0.25, 0.3) is 0 Å². The summed E-state index contributed by atoms with van der Waals surface area (Å²) >= 11 is 6.10. The number of benzene rings is 2. The van der Waals surface area contributed by atoms with Gasteiger partial charge in [-0.05, 0) is 54.1 Å². The van der Waals surface area contributed by atoms with E-state index in [2.05, 4.69) is 4.90 Å². The highest BCUT2D eigenvalue weighted by Crippen LogP contribution is 2.18. The summed E-state index contributed by atoms with van der Waals surface area (Å²) in [5, 5.41) is 11.2. The van der Waals surface area contributed by atoms with Gasteiger partial charge in [0.1, 0.15) is 30.0 Å². The number of aliphatic hydroxyl groups excluding tert-OH is 1. The van der Waals surface area contributed by atoms with Gasteiger partial charge in [-0.1, -0.05) is 23.7 Å². The maximum absolute atomic E-state index is 10.5. The van der Waals surface area contributed by atoms with Crippen molar-refractivity contribution in [1.82, 2.24) is 4.90 Å². The zero-order valence-corrected chi connectivity index (χ0v) is 16.5. The quantitative estimate of drug-likeness (QED) is 0.546. The molecule has 0 saturated carbocycles. The van der Waals surface area contributed by atoms with Crippen molar-refractivity contribution in [2.75, 3.05) is 20.3 Å². The molecule has 0 spiro atoms. The standard InChI is InChI=1S/C22H24ClNO4/c1-26-20-7-9-21(10-8-20)28-16-19(25)14-24(15-22-6-3-11-27-22)13-17-4-2-5-18(23)12-17/h2-12,19,25H,13-16H2,1H3. The molecule has 1 unspecified atom stereocenters. The molecule has 0 aliphatic heterocycles. The van der Waals surface area contributed by atoms with E-state index >= 15 is 0 Å². The lowest BCUT2D eigenvalue weighted by Gasteiger charge is -2.24. The minimum absolute atomic E-state index is 0.191. The Labute approximate surface area is 170 Å². The van der Waals surface area contributed by atoms with Gasteiger partial charge in [-0.3, -0.25) is 4.90 Å². The van der Waals surface area contributed by atoms with Crippen LogP contribution in [0.2, 0.25) is 5.02 Å². The van der Waals surface area contributed by atoms with Crippen LogP contribution in [-0.2, 0) is 13.1 Å². The number of halogens is 1. The van der Waals surface area contributed by atoms with E-state index in [1.807, 2.05) is 60.7 Å². The molecular weight excluding hydrogens is 378 g/mol. The smallest absolute Gasteiger partial charge is 0.119 e. The highest BCUT2D eigenvalue weighted by molar-refractivity contribution is 6.30. The number of ether oxygens (including phenoxy) is 2. The highest BCUT2D eigenvalue weighted by Gasteiger charge is 2.15. The van der Waals surface area contributed by atoms with Crippen LogP contribution >= 0.6 is 11.6 Å². The van der Waals surface area contributed by atoms with Crippen molar-refractivity contribution in [1.29, 1.82) is 0 Å². The van der Waals surface area contributed by atoms with Crippen LogP contribution in [0.1, 0.15) is 11.3 Å². The summed E-state index contributed by atoms with van der Waals surface area (Å²) in [5.41, 5.74) is 1.07. The van der Waals surface area contributed by atoms with Crippen molar-refractivity contribution < 1.29 is 19.0 Å². The molecule has 3 aromatic rings. The summed E-state index contributed by atoms with van der Waals surface area (Å²) in [6.07, 6.45) is 0.993. The Hall–Kier alpha value is -2.47. The number of hydrogen-bond acceptors (Lipinski definition) is 5. The van der Waals surface area contributed by atoms with Crippen LogP contribution in [0, 0.1) is 0 Å². The first kappa shape index (κ1) is 20.3.